The van der Waals surface area contributed by atoms with Gasteiger partial charge in [0.05, 0.1) is 0 Å². The highest BCUT2D eigenvalue weighted by atomic mass is 16.2. The Morgan fingerprint density at radius 2 is 1.88 bits per heavy atom. The van der Waals surface area contributed by atoms with Crippen LogP contribution in [0.1, 0.15) is 33.3 Å². The van der Waals surface area contributed by atoms with E-state index in [1.54, 1.807) is 11.8 Å². The number of Topliss-reactive ketones (excluding diaryl/α,β-unsaturated/α-hetero) is 1. The second-order valence-corrected chi connectivity index (χ2v) is 4.97. The lowest BCUT2D eigenvalue weighted by atomic mass is 9.80. The van der Waals surface area contributed by atoms with Gasteiger partial charge in [0.1, 0.15) is 11.2 Å². The van der Waals surface area contributed by atoms with E-state index in [9.17, 15) is 9.59 Å². The van der Waals surface area contributed by atoms with Crippen LogP contribution in [-0.2, 0) is 15.0 Å². The molecule has 90 valence electrons. The number of ketones is 1. The van der Waals surface area contributed by atoms with Crippen LogP contribution in [0, 0.1) is 0 Å². The predicted molar refractivity (Wildman–Crippen MR) is 67.1 cm³/mol. The molecule has 2 rings (SSSR count). The van der Waals surface area contributed by atoms with Crippen LogP contribution in [0.3, 0.4) is 0 Å². The predicted octanol–water partition coefficient (Wildman–Crippen LogP) is 2.29. The van der Waals surface area contributed by atoms with Crippen molar-refractivity contribution in [3.63, 3.8) is 0 Å². The lowest BCUT2D eigenvalue weighted by molar-refractivity contribution is -0.132. The Hall–Kier alpha value is -1.64. The zero-order valence-corrected chi connectivity index (χ0v) is 10.7. The molecule has 0 spiro atoms. The monoisotopic (exact) mass is 231 g/mol. The number of amides is 1. The van der Waals surface area contributed by atoms with Gasteiger partial charge in [-0.3, -0.25) is 9.59 Å². The highest BCUT2D eigenvalue weighted by Gasteiger charge is 2.51. The first kappa shape index (κ1) is 11.8. The molecule has 0 bridgehead atoms. The molecular formula is C14H17NO2. The number of rotatable bonds is 2. The molecule has 1 atom stereocenters. The minimum atomic E-state index is -1.01. The molecule has 3 heteroatoms. The van der Waals surface area contributed by atoms with Crippen molar-refractivity contribution in [3.05, 3.63) is 29.8 Å². The second kappa shape index (κ2) is 3.69. The van der Waals surface area contributed by atoms with E-state index in [1.165, 1.54) is 6.92 Å². The van der Waals surface area contributed by atoms with Gasteiger partial charge in [0, 0.05) is 11.7 Å². The minimum absolute atomic E-state index is 0.0600. The van der Waals surface area contributed by atoms with Crippen molar-refractivity contribution >= 4 is 17.4 Å². The SMILES string of the molecule is CC(=O)C1(C)C(=O)N(C(C)C)c2ccccc21. The zero-order chi connectivity index (χ0) is 12.8. The summed E-state index contributed by atoms with van der Waals surface area (Å²) in [6.07, 6.45) is 0. The lowest BCUT2D eigenvalue weighted by Crippen LogP contribution is -2.45. The Labute approximate surface area is 101 Å². The summed E-state index contributed by atoms with van der Waals surface area (Å²) in [6.45, 7) is 7.12. The van der Waals surface area contributed by atoms with Crippen LogP contribution in [-0.4, -0.2) is 17.7 Å². The molecule has 0 saturated carbocycles. The van der Waals surface area contributed by atoms with Crippen molar-refractivity contribution in [1.82, 2.24) is 0 Å². The van der Waals surface area contributed by atoms with E-state index in [0.717, 1.165) is 11.3 Å². The fraction of sp³-hybridized carbons (Fsp3) is 0.429. The third-order valence-corrected chi connectivity index (χ3v) is 3.57. The quantitative estimate of drug-likeness (QED) is 0.732. The maximum atomic E-state index is 12.5. The smallest absolute Gasteiger partial charge is 0.245 e. The molecule has 17 heavy (non-hydrogen) atoms. The molecule has 1 aliphatic rings. The van der Waals surface area contributed by atoms with E-state index >= 15 is 0 Å². The van der Waals surface area contributed by atoms with Crippen LogP contribution < -0.4 is 4.90 Å². The van der Waals surface area contributed by atoms with Gasteiger partial charge in [-0.1, -0.05) is 18.2 Å². The Bertz CT molecular complexity index is 493. The maximum absolute atomic E-state index is 12.5. The highest BCUT2D eigenvalue weighted by molar-refractivity contribution is 6.21. The van der Waals surface area contributed by atoms with Crippen LogP contribution in [0.4, 0.5) is 5.69 Å². The first-order chi connectivity index (χ1) is 7.90. The van der Waals surface area contributed by atoms with E-state index in [-0.39, 0.29) is 17.7 Å². The molecule has 1 unspecified atom stereocenters. The molecule has 0 radical (unpaired) electrons. The van der Waals surface area contributed by atoms with Crippen molar-refractivity contribution in [2.24, 2.45) is 0 Å². The van der Waals surface area contributed by atoms with Crippen molar-refractivity contribution in [1.29, 1.82) is 0 Å². The number of hydrogen-bond donors (Lipinski definition) is 0. The summed E-state index contributed by atoms with van der Waals surface area (Å²) in [5, 5.41) is 0. The summed E-state index contributed by atoms with van der Waals surface area (Å²) < 4.78 is 0. The summed E-state index contributed by atoms with van der Waals surface area (Å²) in [6, 6.07) is 7.60. The number of hydrogen-bond acceptors (Lipinski definition) is 2. The molecule has 1 heterocycles. The van der Waals surface area contributed by atoms with Crippen LogP contribution in [0.5, 0.6) is 0 Å². The van der Waals surface area contributed by atoms with Gasteiger partial charge in [-0.15, -0.1) is 0 Å². The first-order valence-corrected chi connectivity index (χ1v) is 5.85. The maximum Gasteiger partial charge on any atom is 0.245 e. The van der Waals surface area contributed by atoms with Gasteiger partial charge < -0.3 is 4.90 Å². The van der Waals surface area contributed by atoms with Crippen molar-refractivity contribution in [2.75, 3.05) is 4.90 Å². The van der Waals surface area contributed by atoms with Gasteiger partial charge in [0.25, 0.3) is 0 Å². The molecule has 3 nitrogen and oxygen atoms in total. The number of carbonyl (C=O) groups excluding carboxylic acids is 2. The van der Waals surface area contributed by atoms with Gasteiger partial charge in [-0.25, -0.2) is 0 Å². The van der Waals surface area contributed by atoms with E-state index in [4.69, 9.17) is 0 Å². The molecular weight excluding hydrogens is 214 g/mol. The summed E-state index contributed by atoms with van der Waals surface area (Å²) in [5.41, 5.74) is 0.678. The van der Waals surface area contributed by atoms with Gasteiger partial charge in [-0.05, 0) is 39.3 Å². The normalized spacial score (nSPS) is 23.1. The number of benzene rings is 1. The molecule has 1 aliphatic heterocycles. The zero-order valence-electron chi connectivity index (χ0n) is 10.7. The van der Waals surface area contributed by atoms with Gasteiger partial charge in [0.2, 0.25) is 5.91 Å². The molecule has 1 aromatic rings. The van der Waals surface area contributed by atoms with Crippen LogP contribution in [0.25, 0.3) is 0 Å². The summed E-state index contributed by atoms with van der Waals surface area (Å²) >= 11 is 0. The van der Waals surface area contributed by atoms with Crippen molar-refractivity contribution < 1.29 is 9.59 Å². The first-order valence-electron chi connectivity index (χ1n) is 5.85. The van der Waals surface area contributed by atoms with Crippen molar-refractivity contribution in [3.8, 4) is 0 Å². The summed E-state index contributed by atoms with van der Waals surface area (Å²) in [4.78, 5) is 26.1. The van der Waals surface area contributed by atoms with Crippen LogP contribution >= 0.6 is 0 Å². The third-order valence-electron chi connectivity index (χ3n) is 3.57. The average molecular weight is 231 g/mol. The number of anilines is 1. The summed E-state index contributed by atoms with van der Waals surface area (Å²) in [5.74, 6) is -0.209. The number of nitrogens with zero attached hydrogens (tertiary/aromatic N) is 1. The molecule has 0 fully saturated rings. The average Bonchev–Trinajstić information content (AvgIpc) is 2.50. The second-order valence-electron chi connectivity index (χ2n) is 4.97. The van der Waals surface area contributed by atoms with Crippen LogP contribution in [0.2, 0.25) is 0 Å². The highest BCUT2D eigenvalue weighted by Crippen LogP contribution is 2.43. The molecule has 0 N–H and O–H groups in total. The lowest BCUT2D eigenvalue weighted by Gasteiger charge is -2.24. The molecule has 0 aliphatic carbocycles. The van der Waals surface area contributed by atoms with Gasteiger partial charge in [0.15, 0.2) is 0 Å². The molecule has 0 aromatic heterocycles. The van der Waals surface area contributed by atoms with E-state index < -0.39 is 5.41 Å². The Kier molecular flexibility index (Phi) is 2.57. The topological polar surface area (TPSA) is 37.4 Å². The van der Waals surface area contributed by atoms with Crippen LogP contribution in [0.15, 0.2) is 24.3 Å². The largest absolute Gasteiger partial charge is 0.308 e. The molecule has 1 amide bonds. The summed E-state index contributed by atoms with van der Waals surface area (Å²) in [7, 11) is 0. The van der Waals surface area contributed by atoms with Gasteiger partial charge >= 0.3 is 0 Å². The Morgan fingerprint density at radius 1 is 1.29 bits per heavy atom. The number of para-hydroxylation sites is 1. The fourth-order valence-corrected chi connectivity index (χ4v) is 2.42. The molecule has 0 saturated heterocycles. The Morgan fingerprint density at radius 3 is 2.41 bits per heavy atom. The minimum Gasteiger partial charge on any atom is -0.308 e. The van der Waals surface area contributed by atoms with E-state index in [2.05, 4.69) is 0 Å². The van der Waals surface area contributed by atoms with Crippen molar-refractivity contribution in [2.45, 2.75) is 39.2 Å². The number of fused-ring (bicyclic) bond motifs is 1. The fourth-order valence-electron chi connectivity index (χ4n) is 2.42. The number of carbonyl (C=O) groups is 2. The van der Waals surface area contributed by atoms with Gasteiger partial charge in [-0.2, -0.15) is 0 Å². The standard InChI is InChI=1S/C14H17NO2/c1-9(2)15-12-8-6-5-7-11(12)14(4,10(3)16)13(15)17/h5-9H,1-4H3. The van der Waals surface area contributed by atoms with E-state index in [1.807, 2.05) is 38.1 Å². The van der Waals surface area contributed by atoms with E-state index in [0.29, 0.717) is 0 Å². The third kappa shape index (κ3) is 1.42. The molecule has 1 aromatic carbocycles. The Balaban J connectivity index is 2.69.